The van der Waals surface area contributed by atoms with E-state index in [9.17, 15) is 8.42 Å². The first-order chi connectivity index (χ1) is 9.45. The number of sulfonamides is 1. The number of benzene rings is 1. The molecule has 0 bridgehead atoms. The molecule has 108 valence electrons. The van der Waals surface area contributed by atoms with Crippen molar-refractivity contribution in [1.29, 1.82) is 5.26 Å². The molecule has 0 aliphatic heterocycles. The Hall–Kier alpha value is -1.38. The van der Waals surface area contributed by atoms with Gasteiger partial charge >= 0.3 is 0 Å². The molecule has 1 aliphatic rings. The monoisotopic (exact) mass is 292 g/mol. The maximum Gasteiger partial charge on any atom is 0.240 e. The Bertz CT molecular complexity index is 594. The van der Waals surface area contributed by atoms with Crippen LogP contribution in [0.5, 0.6) is 0 Å². The van der Waals surface area contributed by atoms with E-state index in [0.29, 0.717) is 12.1 Å². The Morgan fingerprint density at radius 2 is 1.80 bits per heavy atom. The third-order valence-corrected chi connectivity index (χ3v) is 5.46. The Morgan fingerprint density at radius 3 is 2.35 bits per heavy atom. The van der Waals surface area contributed by atoms with Gasteiger partial charge in [0.25, 0.3) is 0 Å². The summed E-state index contributed by atoms with van der Waals surface area (Å²) in [6.45, 7) is 2.63. The second-order valence-electron chi connectivity index (χ2n) is 5.83. The predicted molar refractivity (Wildman–Crippen MR) is 77.5 cm³/mol. The summed E-state index contributed by atoms with van der Waals surface area (Å²) >= 11 is 0. The summed E-state index contributed by atoms with van der Waals surface area (Å²) in [6.07, 6.45) is 5.74. The van der Waals surface area contributed by atoms with Gasteiger partial charge in [0.15, 0.2) is 0 Å². The summed E-state index contributed by atoms with van der Waals surface area (Å²) in [6, 6.07) is 7.98. The van der Waals surface area contributed by atoms with Crippen molar-refractivity contribution in [3.63, 3.8) is 0 Å². The van der Waals surface area contributed by atoms with Crippen LogP contribution in [0.3, 0.4) is 0 Å². The van der Waals surface area contributed by atoms with Gasteiger partial charge in [0, 0.05) is 6.54 Å². The number of nitrogens with one attached hydrogen (secondary N) is 1. The molecule has 1 fully saturated rings. The normalized spacial score (nSPS) is 18.4. The SMILES string of the molecule is CC1(CNS(=O)(=O)c2ccc(C#N)cc2)CCCCC1. The van der Waals surface area contributed by atoms with Gasteiger partial charge in [-0.1, -0.05) is 26.2 Å². The molecular formula is C15H20N2O2S. The first-order valence-electron chi connectivity index (χ1n) is 6.95. The van der Waals surface area contributed by atoms with Crippen molar-refractivity contribution < 1.29 is 8.42 Å². The van der Waals surface area contributed by atoms with E-state index in [-0.39, 0.29) is 10.3 Å². The third-order valence-electron chi connectivity index (χ3n) is 4.04. The third kappa shape index (κ3) is 3.59. The van der Waals surface area contributed by atoms with Gasteiger partial charge in [-0.25, -0.2) is 13.1 Å². The van der Waals surface area contributed by atoms with Crippen LogP contribution in [0.4, 0.5) is 0 Å². The predicted octanol–water partition coefficient (Wildman–Crippen LogP) is 2.81. The van der Waals surface area contributed by atoms with Crippen LogP contribution >= 0.6 is 0 Å². The minimum Gasteiger partial charge on any atom is -0.211 e. The fraction of sp³-hybridized carbons (Fsp3) is 0.533. The van der Waals surface area contributed by atoms with Crippen molar-refractivity contribution in [3.8, 4) is 6.07 Å². The van der Waals surface area contributed by atoms with E-state index >= 15 is 0 Å². The molecule has 4 nitrogen and oxygen atoms in total. The maximum atomic E-state index is 12.2. The largest absolute Gasteiger partial charge is 0.240 e. The van der Waals surface area contributed by atoms with Crippen LogP contribution in [0.1, 0.15) is 44.6 Å². The number of nitriles is 1. The molecule has 1 aromatic rings. The van der Waals surface area contributed by atoms with E-state index in [4.69, 9.17) is 5.26 Å². The van der Waals surface area contributed by atoms with E-state index < -0.39 is 10.0 Å². The standard InChI is InChI=1S/C15H20N2O2S/c1-15(9-3-2-4-10-15)12-17-20(18,19)14-7-5-13(11-16)6-8-14/h5-8,17H,2-4,9-10,12H2,1H3. The second kappa shape index (κ2) is 5.94. The lowest BCUT2D eigenvalue weighted by atomic mass is 9.76. The molecule has 5 heteroatoms. The van der Waals surface area contributed by atoms with Crippen molar-refractivity contribution >= 4 is 10.0 Å². The van der Waals surface area contributed by atoms with E-state index in [1.54, 1.807) is 0 Å². The number of hydrogen-bond acceptors (Lipinski definition) is 3. The van der Waals surface area contributed by atoms with E-state index in [2.05, 4.69) is 11.6 Å². The molecular weight excluding hydrogens is 272 g/mol. The maximum absolute atomic E-state index is 12.2. The lowest BCUT2D eigenvalue weighted by Gasteiger charge is -2.33. The lowest BCUT2D eigenvalue weighted by molar-refractivity contribution is 0.219. The van der Waals surface area contributed by atoms with Gasteiger partial charge in [0.05, 0.1) is 16.5 Å². The van der Waals surface area contributed by atoms with E-state index in [0.717, 1.165) is 12.8 Å². The Labute approximate surface area is 120 Å². The van der Waals surface area contributed by atoms with Crippen LogP contribution in [0, 0.1) is 16.7 Å². The average molecular weight is 292 g/mol. The summed E-state index contributed by atoms with van der Waals surface area (Å²) in [5.74, 6) is 0. The molecule has 1 N–H and O–H groups in total. The first-order valence-corrected chi connectivity index (χ1v) is 8.43. The zero-order valence-electron chi connectivity index (χ0n) is 11.7. The average Bonchev–Trinajstić information content (AvgIpc) is 2.46. The van der Waals surface area contributed by atoms with Crippen molar-refractivity contribution in [2.24, 2.45) is 5.41 Å². The van der Waals surface area contributed by atoms with Crippen LogP contribution in [-0.4, -0.2) is 15.0 Å². The topological polar surface area (TPSA) is 70.0 Å². The summed E-state index contributed by atoms with van der Waals surface area (Å²) in [5.41, 5.74) is 0.529. The molecule has 20 heavy (non-hydrogen) atoms. The molecule has 0 spiro atoms. The van der Waals surface area contributed by atoms with Gasteiger partial charge in [-0.05, 0) is 42.5 Å². The molecule has 0 saturated heterocycles. The van der Waals surface area contributed by atoms with Crippen molar-refractivity contribution in [3.05, 3.63) is 29.8 Å². The summed E-state index contributed by atoms with van der Waals surface area (Å²) in [5, 5.41) is 8.72. The Morgan fingerprint density at radius 1 is 1.20 bits per heavy atom. The van der Waals surface area contributed by atoms with Crippen molar-refractivity contribution in [2.75, 3.05) is 6.54 Å². The van der Waals surface area contributed by atoms with Gasteiger partial charge in [-0.3, -0.25) is 0 Å². The highest BCUT2D eigenvalue weighted by Crippen LogP contribution is 2.35. The fourth-order valence-corrected chi connectivity index (χ4v) is 3.84. The summed E-state index contributed by atoms with van der Waals surface area (Å²) < 4.78 is 27.2. The molecule has 0 radical (unpaired) electrons. The van der Waals surface area contributed by atoms with Crippen LogP contribution < -0.4 is 4.72 Å². The van der Waals surface area contributed by atoms with Crippen molar-refractivity contribution in [1.82, 2.24) is 4.72 Å². The Balaban J connectivity index is 2.05. The highest BCUT2D eigenvalue weighted by atomic mass is 32.2. The number of nitrogens with zero attached hydrogens (tertiary/aromatic N) is 1. The molecule has 2 rings (SSSR count). The Kier molecular flexibility index (Phi) is 4.46. The van der Waals surface area contributed by atoms with E-state index in [1.165, 1.54) is 43.5 Å². The molecule has 0 atom stereocenters. The highest BCUT2D eigenvalue weighted by molar-refractivity contribution is 7.89. The molecule has 1 saturated carbocycles. The quantitative estimate of drug-likeness (QED) is 0.927. The molecule has 0 amide bonds. The first kappa shape index (κ1) is 15.0. The van der Waals surface area contributed by atoms with Crippen molar-refractivity contribution in [2.45, 2.75) is 43.9 Å². The van der Waals surface area contributed by atoms with Gasteiger partial charge < -0.3 is 0 Å². The van der Waals surface area contributed by atoms with Crippen LogP contribution in [-0.2, 0) is 10.0 Å². The fourth-order valence-electron chi connectivity index (χ4n) is 2.64. The summed E-state index contributed by atoms with van der Waals surface area (Å²) in [4.78, 5) is 0.218. The molecule has 1 aliphatic carbocycles. The van der Waals surface area contributed by atoms with Gasteiger partial charge in [-0.15, -0.1) is 0 Å². The van der Waals surface area contributed by atoms with Gasteiger partial charge in [0.2, 0.25) is 10.0 Å². The molecule has 0 heterocycles. The lowest BCUT2D eigenvalue weighted by Crippen LogP contribution is -2.37. The van der Waals surface area contributed by atoms with Crippen LogP contribution in [0.15, 0.2) is 29.2 Å². The zero-order chi connectivity index (χ0) is 14.6. The zero-order valence-corrected chi connectivity index (χ0v) is 12.5. The highest BCUT2D eigenvalue weighted by Gasteiger charge is 2.28. The number of hydrogen-bond donors (Lipinski definition) is 1. The summed E-state index contributed by atoms with van der Waals surface area (Å²) in [7, 11) is -3.48. The van der Waals surface area contributed by atoms with Gasteiger partial charge in [-0.2, -0.15) is 5.26 Å². The number of rotatable bonds is 4. The van der Waals surface area contributed by atoms with Crippen LogP contribution in [0.25, 0.3) is 0 Å². The smallest absolute Gasteiger partial charge is 0.211 e. The molecule has 1 aromatic carbocycles. The minimum absolute atomic E-state index is 0.0674. The minimum atomic E-state index is -3.48. The second-order valence-corrected chi connectivity index (χ2v) is 7.60. The van der Waals surface area contributed by atoms with Crippen LogP contribution in [0.2, 0.25) is 0 Å². The molecule has 0 aromatic heterocycles. The van der Waals surface area contributed by atoms with E-state index in [1.807, 2.05) is 6.07 Å². The van der Waals surface area contributed by atoms with Gasteiger partial charge in [0.1, 0.15) is 0 Å². The molecule has 0 unspecified atom stereocenters.